The van der Waals surface area contributed by atoms with Crippen LogP contribution >= 0.6 is 0 Å². The molecule has 0 unspecified atom stereocenters. The smallest absolute Gasteiger partial charge is 0.204 e. The molecule has 0 bridgehead atoms. The van der Waals surface area contributed by atoms with Crippen molar-refractivity contribution in [3.05, 3.63) is 54.7 Å². The fraction of sp³-hybridized carbons (Fsp3) is 0.211. The Bertz CT molecular complexity index is 825. The maximum absolute atomic E-state index is 6.14. The van der Waals surface area contributed by atoms with Crippen molar-refractivity contribution in [3.63, 3.8) is 0 Å². The van der Waals surface area contributed by atoms with Crippen molar-refractivity contribution >= 4 is 0 Å². The summed E-state index contributed by atoms with van der Waals surface area (Å²) in [7, 11) is 0. The summed E-state index contributed by atoms with van der Waals surface area (Å²) < 4.78 is 17.5. The Kier molecular flexibility index (Phi) is 5.41. The summed E-state index contributed by atoms with van der Waals surface area (Å²) in [5.74, 6) is 2.48. The van der Waals surface area contributed by atoms with Crippen molar-refractivity contribution in [2.45, 2.75) is 13.8 Å². The lowest BCUT2D eigenvalue weighted by molar-refractivity contribution is 0.277. The predicted octanol–water partition coefficient (Wildman–Crippen LogP) is 4.13. The summed E-state index contributed by atoms with van der Waals surface area (Å²) in [5.41, 5.74) is 1.51. The Hall–Kier alpha value is -3.15. The third-order valence-electron chi connectivity index (χ3n) is 3.42. The molecule has 0 saturated carbocycles. The predicted molar refractivity (Wildman–Crippen MR) is 94.1 cm³/mol. The Morgan fingerprint density at radius 1 is 0.800 bits per heavy atom. The minimum absolute atomic E-state index is 0.512. The fourth-order valence-corrected chi connectivity index (χ4v) is 2.40. The zero-order chi connectivity index (χ0) is 17.5. The lowest BCUT2D eigenvalue weighted by atomic mass is 10.1. The maximum atomic E-state index is 6.14. The monoisotopic (exact) mass is 337 g/mol. The van der Waals surface area contributed by atoms with Crippen LogP contribution in [0.2, 0.25) is 0 Å². The van der Waals surface area contributed by atoms with Gasteiger partial charge in [0.15, 0.2) is 11.5 Å². The van der Waals surface area contributed by atoms with Crippen molar-refractivity contribution in [1.29, 1.82) is 0 Å². The fourth-order valence-electron chi connectivity index (χ4n) is 2.40. The second kappa shape index (κ2) is 8.10. The number of para-hydroxylation sites is 2. The Morgan fingerprint density at radius 2 is 1.56 bits per heavy atom. The van der Waals surface area contributed by atoms with Crippen LogP contribution in [0.25, 0.3) is 11.3 Å². The van der Waals surface area contributed by atoms with E-state index in [0.717, 1.165) is 5.56 Å². The molecule has 3 rings (SSSR count). The van der Waals surface area contributed by atoms with E-state index in [2.05, 4.69) is 15.4 Å². The first-order valence-electron chi connectivity index (χ1n) is 8.13. The zero-order valence-corrected chi connectivity index (χ0v) is 14.2. The standard InChI is InChI=1S/C19H19N3O3/c1-3-23-17-10-7-11-18(19(17)24-4-2)25-16-9-6-5-8-14(16)15-12-13-20-22-21-15/h5-13H,3-4H2,1-2H3. The average molecular weight is 337 g/mol. The molecule has 0 aliphatic carbocycles. The van der Waals surface area contributed by atoms with E-state index in [0.29, 0.717) is 41.9 Å². The van der Waals surface area contributed by atoms with Gasteiger partial charge in [-0.1, -0.05) is 18.2 Å². The molecule has 6 heteroatoms. The van der Waals surface area contributed by atoms with E-state index >= 15 is 0 Å². The van der Waals surface area contributed by atoms with Gasteiger partial charge < -0.3 is 14.2 Å². The number of aromatic nitrogens is 3. The van der Waals surface area contributed by atoms with Crippen LogP contribution in [-0.4, -0.2) is 28.6 Å². The van der Waals surface area contributed by atoms with Gasteiger partial charge in [-0.15, -0.1) is 10.2 Å². The van der Waals surface area contributed by atoms with E-state index in [9.17, 15) is 0 Å². The van der Waals surface area contributed by atoms with E-state index in [1.165, 1.54) is 0 Å². The van der Waals surface area contributed by atoms with Crippen LogP contribution < -0.4 is 14.2 Å². The first-order valence-corrected chi connectivity index (χ1v) is 8.13. The van der Waals surface area contributed by atoms with Crippen LogP contribution in [-0.2, 0) is 0 Å². The van der Waals surface area contributed by atoms with Gasteiger partial charge in [0.1, 0.15) is 11.4 Å². The first-order chi connectivity index (χ1) is 12.3. The molecule has 1 heterocycles. The molecule has 0 amide bonds. The minimum Gasteiger partial charge on any atom is -0.490 e. The molecule has 6 nitrogen and oxygen atoms in total. The summed E-state index contributed by atoms with van der Waals surface area (Å²) in [6.45, 7) is 4.91. The second-order valence-corrected chi connectivity index (χ2v) is 5.05. The Morgan fingerprint density at radius 3 is 2.32 bits per heavy atom. The topological polar surface area (TPSA) is 66.4 Å². The molecule has 0 saturated heterocycles. The summed E-state index contributed by atoms with van der Waals surface area (Å²) in [6.07, 6.45) is 1.60. The van der Waals surface area contributed by atoms with Gasteiger partial charge >= 0.3 is 0 Å². The van der Waals surface area contributed by atoms with E-state index in [1.54, 1.807) is 12.3 Å². The van der Waals surface area contributed by atoms with Crippen molar-refractivity contribution in [3.8, 4) is 34.3 Å². The SMILES string of the molecule is CCOc1cccc(Oc2ccccc2-c2ccnnn2)c1OCC. The van der Waals surface area contributed by atoms with Gasteiger partial charge in [-0.2, -0.15) is 0 Å². The molecule has 1 aromatic heterocycles. The normalized spacial score (nSPS) is 10.3. The summed E-state index contributed by atoms with van der Waals surface area (Å²) >= 11 is 0. The molecule has 0 radical (unpaired) electrons. The number of benzene rings is 2. The van der Waals surface area contributed by atoms with E-state index < -0.39 is 0 Å². The van der Waals surface area contributed by atoms with Gasteiger partial charge in [0.25, 0.3) is 0 Å². The highest BCUT2D eigenvalue weighted by Gasteiger charge is 2.15. The number of rotatable bonds is 7. The van der Waals surface area contributed by atoms with Gasteiger partial charge in [-0.25, -0.2) is 0 Å². The molecule has 0 spiro atoms. The third-order valence-corrected chi connectivity index (χ3v) is 3.42. The highest BCUT2D eigenvalue weighted by Crippen LogP contribution is 2.41. The second-order valence-electron chi connectivity index (χ2n) is 5.05. The number of nitrogens with zero attached hydrogens (tertiary/aromatic N) is 3. The van der Waals surface area contributed by atoms with Crippen LogP contribution in [0.1, 0.15) is 13.8 Å². The Balaban J connectivity index is 2.00. The molecule has 0 atom stereocenters. The van der Waals surface area contributed by atoms with Crippen LogP contribution in [0.15, 0.2) is 54.7 Å². The van der Waals surface area contributed by atoms with E-state index in [1.807, 2.05) is 56.3 Å². The maximum Gasteiger partial charge on any atom is 0.204 e. The molecular formula is C19H19N3O3. The van der Waals surface area contributed by atoms with Crippen LogP contribution in [0.3, 0.4) is 0 Å². The highest BCUT2D eigenvalue weighted by molar-refractivity contribution is 5.67. The lowest BCUT2D eigenvalue weighted by Gasteiger charge is -2.16. The molecule has 0 fully saturated rings. The van der Waals surface area contributed by atoms with Crippen molar-refractivity contribution < 1.29 is 14.2 Å². The van der Waals surface area contributed by atoms with Gasteiger partial charge in [-0.05, 0) is 49.4 Å². The van der Waals surface area contributed by atoms with Gasteiger partial charge in [0.2, 0.25) is 5.75 Å². The molecule has 25 heavy (non-hydrogen) atoms. The van der Waals surface area contributed by atoms with E-state index in [4.69, 9.17) is 14.2 Å². The molecule has 128 valence electrons. The Labute approximate surface area is 146 Å². The molecular weight excluding hydrogens is 318 g/mol. The van der Waals surface area contributed by atoms with E-state index in [-0.39, 0.29) is 0 Å². The number of hydrogen-bond donors (Lipinski definition) is 0. The minimum atomic E-state index is 0.512. The summed E-state index contributed by atoms with van der Waals surface area (Å²) in [6, 6.07) is 15.0. The van der Waals surface area contributed by atoms with Crippen molar-refractivity contribution in [2.24, 2.45) is 0 Å². The summed E-state index contributed by atoms with van der Waals surface area (Å²) in [4.78, 5) is 0. The molecule has 0 aliphatic heterocycles. The molecule has 0 aliphatic rings. The lowest BCUT2D eigenvalue weighted by Crippen LogP contribution is -2.00. The highest BCUT2D eigenvalue weighted by atomic mass is 16.5. The van der Waals surface area contributed by atoms with Gasteiger partial charge in [0, 0.05) is 5.56 Å². The largest absolute Gasteiger partial charge is 0.490 e. The van der Waals surface area contributed by atoms with Gasteiger partial charge in [-0.3, -0.25) is 0 Å². The van der Waals surface area contributed by atoms with Crippen molar-refractivity contribution in [1.82, 2.24) is 15.4 Å². The van der Waals surface area contributed by atoms with Crippen LogP contribution in [0.4, 0.5) is 0 Å². The molecule has 2 aromatic carbocycles. The van der Waals surface area contributed by atoms with Crippen molar-refractivity contribution in [2.75, 3.05) is 13.2 Å². The summed E-state index contributed by atoms with van der Waals surface area (Å²) in [5, 5.41) is 11.5. The van der Waals surface area contributed by atoms with Crippen LogP contribution in [0, 0.1) is 0 Å². The average Bonchev–Trinajstić information content (AvgIpc) is 2.66. The van der Waals surface area contributed by atoms with Crippen LogP contribution in [0.5, 0.6) is 23.0 Å². The quantitative estimate of drug-likeness (QED) is 0.646. The zero-order valence-electron chi connectivity index (χ0n) is 14.2. The number of hydrogen-bond acceptors (Lipinski definition) is 6. The first kappa shape index (κ1) is 16.7. The third kappa shape index (κ3) is 3.85. The number of ether oxygens (including phenoxy) is 3. The van der Waals surface area contributed by atoms with Gasteiger partial charge in [0.05, 0.1) is 19.4 Å². The molecule has 3 aromatic rings. The molecule has 0 N–H and O–H groups in total.